The number of nitrogens with zero attached hydrogens (tertiary/aromatic N) is 1. The van der Waals surface area contributed by atoms with Gasteiger partial charge in [0.15, 0.2) is 5.78 Å². The molecule has 38 heavy (non-hydrogen) atoms. The first-order chi connectivity index (χ1) is 18.0. The summed E-state index contributed by atoms with van der Waals surface area (Å²) in [6.07, 6.45) is 19.3. The summed E-state index contributed by atoms with van der Waals surface area (Å²) in [5.74, 6) is 0.569. The molecule has 0 unspecified atom stereocenters. The molecule has 1 saturated carbocycles. The van der Waals surface area contributed by atoms with Crippen molar-refractivity contribution in [1.29, 1.82) is 0 Å². The number of carbonyl (C=O) groups is 2. The molecular weight excluding hydrogens is 472 g/mol. The molecule has 4 nitrogen and oxygen atoms in total. The monoisotopic (exact) mass is 513 g/mol. The van der Waals surface area contributed by atoms with Gasteiger partial charge in [-0.05, 0) is 63.8 Å². The Morgan fingerprint density at radius 2 is 1.79 bits per heavy atom. The van der Waals surface area contributed by atoms with Crippen LogP contribution >= 0.6 is 0 Å². The first-order valence-electron chi connectivity index (χ1n) is 13.7. The Balaban J connectivity index is 0.000000549. The van der Waals surface area contributed by atoms with Crippen LogP contribution in [0.3, 0.4) is 0 Å². The van der Waals surface area contributed by atoms with Crippen molar-refractivity contribution in [2.45, 2.75) is 70.3 Å². The maximum Gasteiger partial charge on any atom is 1.00 e. The van der Waals surface area contributed by atoms with E-state index in [-0.39, 0.29) is 47.9 Å². The van der Waals surface area contributed by atoms with E-state index >= 15 is 0 Å². The first-order valence-corrected chi connectivity index (χ1v) is 13.7. The second-order valence-electron chi connectivity index (χ2n) is 10.3. The second kappa shape index (κ2) is 16.9. The van der Waals surface area contributed by atoms with Gasteiger partial charge >= 0.3 is 24.8 Å². The van der Waals surface area contributed by atoms with Crippen LogP contribution in [-0.2, 0) is 14.3 Å². The van der Waals surface area contributed by atoms with Crippen LogP contribution in [0, 0.1) is 37.1 Å². The van der Waals surface area contributed by atoms with Gasteiger partial charge in [-0.2, -0.15) is 18.2 Å². The van der Waals surface area contributed by atoms with Crippen molar-refractivity contribution in [3.05, 3.63) is 85.9 Å². The average Bonchev–Trinajstić information content (AvgIpc) is 3.19. The summed E-state index contributed by atoms with van der Waals surface area (Å²) in [6, 6.07) is 8.49. The number of hydrogen-bond acceptors (Lipinski definition) is 4. The van der Waals surface area contributed by atoms with Crippen LogP contribution in [0.4, 0.5) is 4.39 Å². The van der Waals surface area contributed by atoms with Gasteiger partial charge in [0.2, 0.25) is 0 Å². The molecule has 1 spiro atoms. The minimum atomic E-state index is -0.277. The van der Waals surface area contributed by atoms with E-state index in [0.717, 1.165) is 83.0 Å². The van der Waals surface area contributed by atoms with Crippen molar-refractivity contribution >= 4 is 11.8 Å². The van der Waals surface area contributed by atoms with Crippen molar-refractivity contribution in [2.75, 3.05) is 19.6 Å². The quantitative estimate of drug-likeness (QED) is 0.287. The largest absolute Gasteiger partial charge is 1.00 e. The van der Waals surface area contributed by atoms with Crippen molar-refractivity contribution < 1.29 is 37.6 Å². The van der Waals surface area contributed by atoms with Crippen LogP contribution in [0.25, 0.3) is 0 Å². The molecule has 1 heterocycles. The number of ether oxygens (including phenoxy) is 1. The van der Waals surface area contributed by atoms with Gasteiger partial charge in [0.1, 0.15) is 6.10 Å². The average molecular weight is 514 g/mol. The van der Waals surface area contributed by atoms with Gasteiger partial charge in [0, 0.05) is 24.2 Å². The summed E-state index contributed by atoms with van der Waals surface area (Å²) in [5, 5.41) is 0. The van der Waals surface area contributed by atoms with E-state index in [9.17, 15) is 14.0 Å². The molecule has 0 bridgehead atoms. The number of benzene rings is 1. The minimum Gasteiger partial charge on any atom is -0.462 e. The molecule has 4 rings (SSSR count). The molecule has 2 aliphatic carbocycles. The fourth-order valence-corrected chi connectivity index (χ4v) is 5.35. The predicted molar refractivity (Wildman–Crippen MR) is 146 cm³/mol. The summed E-state index contributed by atoms with van der Waals surface area (Å²) >= 11 is 0. The number of allylic oxidation sites excluding steroid dienone is 6. The van der Waals surface area contributed by atoms with Gasteiger partial charge < -0.3 is 23.5 Å². The van der Waals surface area contributed by atoms with Crippen molar-refractivity contribution in [3.8, 4) is 0 Å². The Morgan fingerprint density at radius 3 is 2.42 bits per heavy atom. The molecule has 1 atom stereocenters. The summed E-state index contributed by atoms with van der Waals surface area (Å²) in [4.78, 5) is 27.4. The SMILES string of the molecule is Fc1cc[c-]cc1.[CH2-]CN(C[CH2-])CC[C@H]1CC2(CCC(CCC(=O)C3=C/C=C\CC/C=C\3)CC2)C(=O)O1.[Li+]. The number of carbonyl (C=O) groups excluding carboxylic acids is 2. The van der Waals surface area contributed by atoms with E-state index < -0.39 is 0 Å². The molecule has 1 aromatic carbocycles. The zero-order valence-electron chi connectivity index (χ0n) is 23.0. The van der Waals surface area contributed by atoms with Gasteiger partial charge in [-0.3, -0.25) is 9.59 Å². The third-order valence-electron chi connectivity index (χ3n) is 7.78. The van der Waals surface area contributed by atoms with E-state index in [1.54, 1.807) is 0 Å². The van der Waals surface area contributed by atoms with Gasteiger partial charge in [-0.1, -0.05) is 30.4 Å². The zero-order chi connectivity index (χ0) is 26.5. The van der Waals surface area contributed by atoms with E-state index in [4.69, 9.17) is 4.74 Å². The standard InChI is InChI=1S/C26H37NO3.C6H4F.Li/c1-3-27(4-2)19-16-23-20-26(25(29)30-23)17-14-21(15-18-26)12-13-24(28)22-10-8-6-5-7-9-11-22;7-6-4-2-1-3-5-6;/h6,8-11,21,23H,1-5,7,12-20H2;2-5H;/q-2;-1;+1/b8-6-,11-9-,22-10+;;/t21?,23-,26?;;/m0../s1. The number of rotatable bonds is 9. The number of ketones is 1. The normalized spacial score (nSPS) is 27.6. The predicted octanol–water partition coefficient (Wildman–Crippen LogP) is 3.65. The van der Waals surface area contributed by atoms with E-state index in [0.29, 0.717) is 12.3 Å². The van der Waals surface area contributed by atoms with Crippen LogP contribution in [0.2, 0.25) is 0 Å². The van der Waals surface area contributed by atoms with Gasteiger partial charge in [-0.15, -0.1) is 25.2 Å². The summed E-state index contributed by atoms with van der Waals surface area (Å²) in [7, 11) is 0. The molecule has 0 amide bonds. The molecule has 0 aromatic heterocycles. The molecule has 2 fully saturated rings. The molecule has 1 aliphatic heterocycles. The molecule has 6 heteroatoms. The smallest absolute Gasteiger partial charge is 0.462 e. The Labute approximate surface area is 240 Å². The Morgan fingerprint density at radius 1 is 1.11 bits per heavy atom. The number of esters is 1. The van der Waals surface area contributed by atoms with E-state index in [2.05, 4.69) is 37.0 Å². The van der Waals surface area contributed by atoms with Crippen molar-refractivity contribution in [1.82, 2.24) is 4.90 Å². The van der Waals surface area contributed by atoms with Crippen LogP contribution in [0.1, 0.15) is 64.2 Å². The third-order valence-corrected chi connectivity index (χ3v) is 7.78. The molecule has 1 saturated heterocycles. The Kier molecular flexibility index (Phi) is 14.4. The number of hydrogen-bond donors (Lipinski definition) is 0. The van der Waals surface area contributed by atoms with Crippen LogP contribution < -0.4 is 18.9 Å². The van der Waals surface area contributed by atoms with Crippen molar-refractivity contribution in [2.24, 2.45) is 11.3 Å². The Hall–Kier alpha value is -1.93. The van der Waals surface area contributed by atoms with E-state index in [1.165, 1.54) is 24.3 Å². The number of halogens is 1. The minimum absolute atomic E-state index is 0. The zero-order valence-corrected chi connectivity index (χ0v) is 23.0. The van der Waals surface area contributed by atoms with E-state index in [1.807, 2.05) is 18.2 Å². The topological polar surface area (TPSA) is 46.6 Å². The van der Waals surface area contributed by atoms with Gasteiger partial charge in [0.05, 0.1) is 5.41 Å². The third kappa shape index (κ3) is 9.99. The molecule has 0 radical (unpaired) electrons. The molecule has 0 N–H and O–H groups in total. The fourth-order valence-electron chi connectivity index (χ4n) is 5.35. The number of cyclic esters (lactones) is 1. The van der Waals surface area contributed by atoms with Crippen LogP contribution in [-0.4, -0.2) is 42.4 Å². The summed E-state index contributed by atoms with van der Waals surface area (Å²) in [6.45, 7) is 10.2. The Bertz CT molecular complexity index is 947. The van der Waals surface area contributed by atoms with Crippen LogP contribution in [0.5, 0.6) is 0 Å². The summed E-state index contributed by atoms with van der Waals surface area (Å²) < 4.78 is 17.6. The maximum absolute atomic E-state index is 12.6. The van der Waals surface area contributed by atoms with Gasteiger partial charge in [-0.25, -0.2) is 4.39 Å². The first kappa shape index (κ1) is 32.3. The van der Waals surface area contributed by atoms with Crippen molar-refractivity contribution in [3.63, 3.8) is 0 Å². The molecule has 202 valence electrons. The molecule has 3 aliphatic rings. The van der Waals surface area contributed by atoms with Crippen LogP contribution in [0.15, 0.2) is 60.2 Å². The molecular formula is C32H41FLiNO3-2. The molecule has 1 aromatic rings. The van der Waals surface area contributed by atoms with Gasteiger partial charge in [0.25, 0.3) is 0 Å². The summed E-state index contributed by atoms with van der Waals surface area (Å²) in [5.41, 5.74) is 0.541. The fraction of sp³-hybridized carbons (Fsp3) is 0.500. The number of Topliss-reactive ketones (excluding diaryl/α,β-unsaturated/α-hetero) is 1. The maximum atomic E-state index is 12.6. The second-order valence-corrected chi connectivity index (χ2v) is 10.3.